The van der Waals surface area contributed by atoms with E-state index in [4.69, 9.17) is 15.2 Å². The van der Waals surface area contributed by atoms with Crippen LogP contribution in [0, 0.1) is 25.2 Å². The lowest BCUT2D eigenvalue weighted by Crippen LogP contribution is -2.40. The van der Waals surface area contributed by atoms with Crippen LogP contribution in [0.3, 0.4) is 0 Å². The number of pyridine rings is 1. The quantitative estimate of drug-likeness (QED) is 0.804. The number of nitriles is 1. The van der Waals surface area contributed by atoms with E-state index in [0.29, 0.717) is 12.2 Å². The fraction of sp³-hybridized carbons (Fsp3) is 0.412. The number of hydrogen-bond acceptors (Lipinski definition) is 6. The van der Waals surface area contributed by atoms with E-state index < -0.39 is 5.41 Å². The predicted molar refractivity (Wildman–Crippen MR) is 88.3 cm³/mol. The highest BCUT2D eigenvalue weighted by Gasteiger charge is 2.53. The molecule has 0 saturated carbocycles. The van der Waals surface area contributed by atoms with E-state index in [1.54, 1.807) is 11.3 Å². The molecule has 2 aliphatic rings. The van der Waals surface area contributed by atoms with Crippen LogP contribution in [-0.2, 0) is 10.2 Å². The molecule has 0 amide bonds. The maximum absolute atomic E-state index is 9.67. The maximum Gasteiger partial charge on any atom is 0.205 e. The molecule has 1 saturated heterocycles. The number of ether oxygens (including phenoxy) is 2. The standard InChI is InChI=1S/C17H17N3O2S/c1-8-6-9(2)20-16-12(8)13-14(23-16)17(4-5-21-10(17)3)11(7-18)15(19)22-13/h6,10H,4-5,19H2,1-3H3/t10-,17+/m1/s1. The van der Waals surface area contributed by atoms with E-state index in [2.05, 4.69) is 11.1 Å². The van der Waals surface area contributed by atoms with Crippen LogP contribution >= 0.6 is 11.3 Å². The molecule has 0 bridgehead atoms. The van der Waals surface area contributed by atoms with E-state index >= 15 is 0 Å². The monoisotopic (exact) mass is 327 g/mol. The Balaban J connectivity index is 2.10. The van der Waals surface area contributed by atoms with Crippen molar-refractivity contribution >= 4 is 21.6 Å². The average Bonchev–Trinajstić information content (AvgIpc) is 3.02. The van der Waals surface area contributed by atoms with Crippen molar-refractivity contribution < 1.29 is 9.47 Å². The van der Waals surface area contributed by atoms with Gasteiger partial charge in [0.15, 0.2) is 5.75 Å². The SMILES string of the molecule is Cc1cc(C)c2c3c(sc2n1)[C@]1(CCO[C@@H]1C)C(C#N)=C(N)O3. The predicted octanol–water partition coefficient (Wildman–Crippen LogP) is 3.05. The number of nitrogens with zero attached hydrogens (tertiary/aromatic N) is 2. The first-order valence-corrected chi connectivity index (χ1v) is 8.41. The molecule has 2 aromatic rings. The summed E-state index contributed by atoms with van der Waals surface area (Å²) in [5.74, 6) is 0.945. The Hall–Kier alpha value is -2.10. The van der Waals surface area contributed by atoms with Crippen LogP contribution in [0.1, 0.15) is 29.5 Å². The van der Waals surface area contributed by atoms with Crippen molar-refractivity contribution in [3.05, 3.63) is 33.7 Å². The van der Waals surface area contributed by atoms with Gasteiger partial charge in [0.05, 0.1) is 21.8 Å². The molecular weight excluding hydrogens is 310 g/mol. The van der Waals surface area contributed by atoms with Crippen LogP contribution in [0.15, 0.2) is 17.5 Å². The number of nitrogens with two attached hydrogens (primary N) is 1. The Kier molecular flexibility index (Phi) is 2.96. The molecule has 2 N–H and O–H groups in total. The third kappa shape index (κ3) is 1.72. The summed E-state index contributed by atoms with van der Waals surface area (Å²) in [5.41, 5.74) is 8.16. The van der Waals surface area contributed by atoms with Gasteiger partial charge in [-0.2, -0.15) is 5.26 Å². The molecule has 0 radical (unpaired) electrons. The largest absolute Gasteiger partial charge is 0.439 e. The van der Waals surface area contributed by atoms with Gasteiger partial charge in [-0.05, 0) is 38.8 Å². The van der Waals surface area contributed by atoms with Crippen molar-refractivity contribution in [2.24, 2.45) is 5.73 Å². The van der Waals surface area contributed by atoms with E-state index in [0.717, 1.165) is 38.5 Å². The number of thiophene rings is 1. The van der Waals surface area contributed by atoms with E-state index in [1.165, 1.54) is 0 Å². The summed E-state index contributed by atoms with van der Waals surface area (Å²) in [7, 11) is 0. The normalized spacial score (nSPS) is 26.4. The van der Waals surface area contributed by atoms with Gasteiger partial charge in [-0.15, -0.1) is 11.3 Å². The minimum absolute atomic E-state index is 0.118. The number of fused-ring (bicyclic) bond motifs is 4. The number of rotatable bonds is 0. The zero-order valence-electron chi connectivity index (χ0n) is 13.3. The van der Waals surface area contributed by atoms with Crippen LogP contribution in [0.4, 0.5) is 0 Å². The van der Waals surface area contributed by atoms with Crippen molar-refractivity contribution in [1.29, 1.82) is 5.26 Å². The molecular formula is C17H17N3O2S. The van der Waals surface area contributed by atoms with Gasteiger partial charge >= 0.3 is 0 Å². The molecule has 0 aliphatic carbocycles. The summed E-state index contributed by atoms with van der Waals surface area (Å²) < 4.78 is 11.7. The van der Waals surface area contributed by atoms with Crippen molar-refractivity contribution in [2.75, 3.05) is 6.61 Å². The minimum Gasteiger partial charge on any atom is -0.439 e. The van der Waals surface area contributed by atoms with Gasteiger partial charge in [-0.25, -0.2) is 4.98 Å². The van der Waals surface area contributed by atoms with Gasteiger partial charge in [0.2, 0.25) is 5.88 Å². The van der Waals surface area contributed by atoms with Gasteiger partial charge < -0.3 is 15.2 Å². The molecule has 1 spiro atoms. The first-order chi connectivity index (χ1) is 11.0. The minimum atomic E-state index is -0.516. The molecule has 2 aromatic heterocycles. The zero-order valence-corrected chi connectivity index (χ0v) is 14.1. The average molecular weight is 327 g/mol. The van der Waals surface area contributed by atoms with Gasteiger partial charge in [0.1, 0.15) is 16.5 Å². The number of hydrogen-bond donors (Lipinski definition) is 1. The van der Waals surface area contributed by atoms with Crippen molar-refractivity contribution in [2.45, 2.75) is 38.7 Å². The van der Waals surface area contributed by atoms with Crippen LogP contribution in [0.2, 0.25) is 0 Å². The lowest BCUT2D eigenvalue weighted by atomic mass is 9.72. The summed E-state index contributed by atoms with van der Waals surface area (Å²) in [5, 5.41) is 10.7. The Bertz CT molecular complexity index is 909. The highest BCUT2D eigenvalue weighted by molar-refractivity contribution is 7.19. The molecule has 2 aliphatic heterocycles. The third-order valence-corrected chi connectivity index (χ3v) is 6.17. The summed E-state index contributed by atoms with van der Waals surface area (Å²) in [6, 6.07) is 4.31. The lowest BCUT2D eigenvalue weighted by molar-refractivity contribution is 0.101. The van der Waals surface area contributed by atoms with Crippen molar-refractivity contribution in [1.82, 2.24) is 4.98 Å². The molecule has 0 unspecified atom stereocenters. The van der Waals surface area contributed by atoms with E-state index in [1.807, 2.05) is 26.8 Å². The molecule has 1 fully saturated rings. The molecule has 6 heteroatoms. The van der Waals surface area contributed by atoms with Crippen molar-refractivity contribution in [3.8, 4) is 11.8 Å². The van der Waals surface area contributed by atoms with E-state index in [9.17, 15) is 5.26 Å². The highest BCUT2D eigenvalue weighted by Crippen LogP contribution is 2.56. The molecule has 118 valence electrons. The highest BCUT2D eigenvalue weighted by atomic mass is 32.1. The van der Waals surface area contributed by atoms with Crippen LogP contribution < -0.4 is 10.5 Å². The first kappa shape index (κ1) is 14.5. The summed E-state index contributed by atoms with van der Waals surface area (Å²) >= 11 is 1.59. The maximum atomic E-state index is 9.67. The van der Waals surface area contributed by atoms with Gasteiger partial charge in [-0.1, -0.05) is 0 Å². The summed E-state index contributed by atoms with van der Waals surface area (Å²) in [4.78, 5) is 6.60. The Morgan fingerprint density at radius 2 is 2.26 bits per heavy atom. The zero-order chi connectivity index (χ0) is 16.4. The Morgan fingerprint density at radius 3 is 2.91 bits per heavy atom. The second kappa shape index (κ2) is 4.70. The Morgan fingerprint density at radius 1 is 1.48 bits per heavy atom. The van der Waals surface area contributed by atoms with Crippen molar-refractivity contribution in [3.63, 3.8) is 0 Å². The van der Waals surface area contributed by atoms with Crippen LogP contribution in [-0.4, -0.2) is 17.7 Å². The number of aryl methyl sites for hydroxylation is 2. The molecule has 4 heterocycles. The molecule has 23 heavy (non-hydrogen) atoms. The third-order valence-electron chi connectivity index (χ3n) is 4.92. The second-order valence-corrected chi connectivity index (χ2v) is 7.21. The van der Waals surface area contributed by atoms with Gasteiger partial charge in [0, 0.05) is 12.3 Å². The second-order valence-electron chi connectivity index (χ2n) is 6.21. The topological polar surface area (TPSA) is 81.2 Å². The van der Waals surface area contributed by atoms with Gasteiger partial charge in [-0.3, -0.25) is 0 Å². The fourth-order valence-electron chi connectivity index (χ4n) is 3.82. The lowest BCUT2D eigenvalue weighted by Gasteiger charge is -2.35. The fourth-order valence-corrected chi connectivity index (χ4v) is 5.35. The number of aromatic nitrogens is 1. The van der Waals surface area contributed by atoms with Gasteiger partial charge in [0.25, 0.3) is 0 Å². The van der Waals surface area contributed by atoms with Crippen LogP contribution in [0.5, 0.6) is 5.75 Å². The Labute approximate surface area is 138 Å². The molecule has 5 nitrogen and oxygen atoms in total. The van der Waals surface area contributed by atoms with E-state index in [-0.39, 0.29) is 12.0 Å². The van der Waals surface area contributed by atoms with Crippen LogP contribution in [0.25, 0.3) is 10.2 Å². The molecule has 2 atom stereocenters. The molecule has 4 rings (SSSR count). The smallest absolute Gasteiger partial charge is 0.205 e. The first-order valence-electron chi connectivity index (χ1n) is 7.60. The summed E-state index contributed by atoms with van der Waals surface area (Å²) in [6.07, 6.45) is 0.617. The summed E-state index contributed by atoms with van der Waals surface area (Å²) in [6.45, 7) is 6.64. The molecule has 0 aromatic carbocycles.